The van der Waals surface area contributed by atoms with E-state index in [9.17, 15) is 9.59 Å². The normalized spacial score (nSPS) is 11.2. The van der Waals surface area contributed by atoms with E-state index < -0.39 is 5.97 Å². The molecule has 0 aromatic heterocycles. The van der Waals surface area contributed by atoms with Crippen molar-refractivity contribution in [1.82, 2.24) is 0 Å². The third-order valence-corrected chi connectivity index (χ3v) is 2.61. The van der Waals surface area contributed by atoms with Gasteiger partial charge >= 0.3 is 11.9 Å². The first-order valence-corrected chi connectivity index (χ1v) is 5.88. The molecule has 0 unspecified atom stereocenters. The van der Waals surface area contributed by atoms with Gasteiger partial charge in [0.1, 0.15) is 0 Å². The lowest BCUT2D eigenvalue weighted by molar-refractivity contribution is -0.139. The van der Waals surface area contributed by atoms with Crippen LogP contribution in [0.1, 0.15) is 24.5 Å². The Morgan fingerprint density at radius 1 is 1.26 bits per heavy atom. The molecular formula is C14H17NO4. The van der Waals surface area contributed by atoms with Crippen LogP contribution in [0.15, 0.2) is 29.3 Å². The van der Waals surface area contributed by atoms with E-state index in [1.54, 1.807) is 19.1 Å². The molecule has 0 amide bonds. The average Bonchev–Trinajstić information content (AvgIpc) is 2.37. The van der Waals surface area contributed by atoms with Crippen molar-refractivity contribution in [2.75, 3.05) is 7.11 Å². The molecule has 0 atom stereocenters. The summed E-state index contributed by atoms with van der Waals surface area (Å²) < 4.78 is 4.55. The maximum absolute atomic E-state index is 11.1. The van der Waals surface area contributed by atoms with Crippen molar-refractivity contribution in [3.05, 3.63) is 35.4 Å². The minimum Gasteiger partial charge on any atom is -0.481 e. The van der Waals surface area contributed by atoms with Crippen LogP contribution in [-0.4, -0.2) is 29.9 Å². The molecule has 5 nitrogen and oxygen atoms in total. The second kappa shape index (κ2) is 7.31. The van der Waals surface area contributed by atoms with Crippen LogP contribution in [0.5, 0.6) is 0 Å². The molecule has 0 heterocycles. The van der Waals surface area contributed by atoms with E-state index in [2.05, 4.69) is 9.73 Å². The first-order chi connectivity index (χ1) is 9.02. The van der Waals surface area contributed by atoms with E-state index >= 15 is 0 Å². The molecule has 1 rings (SSSR count). The van der Waals surface area contributed by atoms with Gasteiger partial charge in [-0.05, 0) is 18.1 Å². The fourth-order valence-electron chi connectivity index (χ4n) is 1.60. The lowest BCUT2D eigenvalue weighted by Crippen LogP contribution is -2.07. The molecule has 1 N–H and O–H groups in total. The summed E-state index contributed by atoms with van der Waals surface area (Å²) in [5.74, 6) is -1.21. The van der Waals surface area contributed by atoms with Gasteiger partial charge < -0.3 is 9.84 Å². The summed E-state index contributed by atoms with van der Waals surface area (Å²) in [6, 6.07) is 7.25. The van der Waals surface area contributed by atoms with Crippen molar-refractivity contribution in [2.24, 2.45) is 4.99 Å². The summed E-state index contributed by atoms with van der Waals surface area (Å²) in [4.78, 5) is 26.1. The molecule has 0 radical (unpaired) electrons. The Kier molecular flexibility index (Phi) is 5.73. The molecule has 102 valence electrons. The standard InChI is InChI=1S/C14H17NO4/c1-10(7-14(18)19-2)15-9-12-6-4-3-5-11(12)8-13(16)17/h3-6H,7-9H2,1-2H3,(H,16,17). The van der Waals surface area contributed by atoms with Gasteiger partial charge in [0, 0.05) is 5.71 Å². The fourth-order valence-corrected chi connectivity index (χ4v) is 1.60. The first-order valence-electron chi connectivity index (χ1n) is 5.88. The number of carboxylic acid groups (broad SMARTS) is 1. The first kappa shape index (κ1) is 14.9. The van der Waals surface area contributed by atoms with Crippen molar-refractivity contribution < 1.29 is 19.4 Å². The number of rotatable bonds is 6. The van der Waals surface area contributed by atoms with Crippen LogP contribution in [0.4, 0.5) is 0 Å². The highest BCUT2D eigenvalue weighted by molar-refractivity contribution is 5.97. The van der Waals surface area contributed by atoms with Gasteiger partial charge in [0.05, 0.1) is 26.5 Å². The van der Waals surface area contributed by atoms with Gasteiger partial charge in [0.25, 0.3) is 0 Å². The van der Waals surface area contributed by atoms with Crippen molar-refractivity contribution >= 4 is 17.7 Å². The molecule has 1 aromatic rings. The molecule has 0 saturated heterocycles. The third kappa shape index (κ3) is 5.33. The number of aliphatic carboxylic acids is 1. The second-order valence-corrected chi connectivity index (χ2v) is 4.14. The zero-order valence-corrected chi connectivity index (χ0v) is 11.0. The Balaban J connectivity index is 2.74. The average molecular weight is 263 g/mol. The Morgan fingerprint density at radius 2 is 1.89 bits per heavy atom. The highest BCUT2D eigenvalue weighted by Gasteiger charge is 2.06. The SMILES string of the molecule is COC(=O)CC(C)=NCc1ccccc1CC(=O)O. The van der Waals surface area contributed by atoms with Crippen molar-refractivity contribution in [2.45, 2.75) is 26.3 Å². The Labute approximate surface area is 111 Å². The van der Waals surface area contributed by atoms with Crippen LogP contribution in [0, 0.1) is 0 Å². The molecule has 0 saturated carbocycles. The maximum atomic E-state index is 11.1. The topological polar surface area (TPSA) is 76.0 Å². The van der Waals surface area contributed by atoms with Gasteiger partial charge in [0.15, 0.2) is 0 Å². The van der Waals surface area contributed by atoms with Gasteiger partial charge in [-0.3, -0.25) is 14.6 Å². The van der Waals surface area contributed by atoms with E-state index in [4.69, 9.17) is 5.11 Å². The number of benzene rings is 1. The van der Waals surface area contributed by atoms with E-state index in [1.807, 2.05) is 12.1 Å². The van der Waals surface area contributed by atoms with Gasteiger partial charge in [0.2, 0.25) is 0 Å². The van der Waals surface area contributed by atoms with E-state index in [0.29, 0.717) is 12.3 Å². The maximum Gasteiger partial charge on any atom is 0.311 e. The molecule has 5 heteroatoms. The van der Waals surface area contributed by atoms with Crippen LogP contribution >= 0.6 is 0 Å². The fraction of sp³-hybridized carbons (Fsp3) is 0.357. The number of nitrogens with zero attached hydrogens (tertiary/aromatic N) is 1. The van der Waals surface area contributed by atoms with E-state index in [-0.39, 0.29) is 18.8 Å². The van der Waals surface area contributed by atoms with E-state index in [0.717, 1.165) is 11.1 Å². The zero-order chi connectivity index (χ0) is 14.3. The lowest BCUT2D eigenvalue weighted by atomic mass is 10.0. The summed E-state index contributed by atoms with van der Waals surface area (Å²) in [5.41, 5.74) is 2.26. The number of ether oxygens (including phenoxy) is 1. The zero-order valence-electron chi connectivity index (χ0n) is 11.0. The highest BCUT2D eigenvalue weighted by atomic mass is 16.5. The van der Waals surface area contributed by atoms with Crippen LogP contribution in [0.25, 0.3) is 0 Å². The highest BCUT2D eigenvalue weighted by Crippen LogP contribution is 2.11. The van der Waals surface area contributed by atoms with Crippen LogP contribution in [-0.2, 0) is 27.3 Å². The number of methoxy groups -OCH3 is 1. The Hall–Kier alpha value is -2.17. The third-order valence-electron chi connectivity index (χ3n) is 2.61. The molecule has 0 bridgehead atoms. The predicted molar refractivity (Wildman–Crippen MR) is 71.2 cm³/mol. The van der Waals surface area contributed by atoms with Crippen LogP contribution in [0.3, 0.4) is 0 Å². The number of carbonyl (C=O) groups is 2. The van der Waals surface area contributed by atoms with Gasteiger partial charge in [-0.25, -0.2) is 0 Å². The molecule has 19 heavy (non-hydrogen) atoms. The summed E-state index contributed by atoms with van der Waals surface area (Å²) in [6.45, 7) is 2.11. The summed E-state index contributed by atoms with van der Waals surface area (Å²) >= 11 is 0. The van der Waals surface area contributed by atoms with Crippen LogP contribution < -0.4 is 0 Å². The molecule has 0 aliphatic rings. The molecule has 0 spiro atoms. The molecule has 0 fully saturated rings. The largest absolute Gasteiger partial charge is 0.481 e. The number of esters is 1. The predicted octanol–water partition coefficient (Wildman–Crippen LogP) is 1.84. The van der Waals surface area contributed by atoms with Gasteiger partial charge in [-0.15, -0.1) is 0 Å². The number of hydrogen-bond acceptors (Lipinski definition) is 4. The number of carbonyl (C=O) groups excluding carboxylic acids is 1. The summed E-state index contributed by atoms with van der Waals surface area (Å²) in [5, 5.41) is 8.82. The number of hydrogen-bond donors (Lipinski definition) is 1. The number of carboxylic acids is 1. The van der Waals surface area contributed by atoms with Gasteiger partial charge in [-0.1, -0.05) is 24.3 Å². The summed E-state index contributed by atoms with van der Waals surface area (Å²) in [7, 11) is 1.33. The monoisotopic (exact) mass is 263 g/mol. The van der Waals surface area contributed by atoms with Crippen molar-refractivity contribution in [3.8, 4) is 0 Å². The number of aliphatic imine (C=N–C) groups is 1. The smallest absolute Gasteiger partial charge is 0.311 e. The Bertz CT molecular complexity index is 494. The Morgan fingerprint density at radius 3 is 2.47 bits per heavy atom. The molecular weight excluding hydrogens is 246 g/mol. The van der Waals surface area contributed by atoms with Gasteiger partial charge in [-0.2, -0.15) is 0 Å². The summed E-state index contributed by atoms with van der Waals surface area (Å²) in [6.07, 6.45) is 0.124. The minimum absolute atomic E-state index is 0.0260. The molecule has 1 aromatic carbocycles. The molecule has 0 aliphatic heterocycles. The lowest BCUT2D eigenvalue weighted by Gasteiger charge is -2.05. The van der Waals surface area contributed by atoms with Crippen LogP contribution in [0.2, 0.25) is 0 Å². The van der Waals surface area contributed by atoms with Crippen molar-refractivity contribution in [1.29, 1.82) is 0 Å². The second-order valence-electron chi connectivity index (χ2n) is 4.14. The molecule has 0 aliphatic carbocycles. The minimum atomic E-state index is -0.872. The quantitative estimate of drug-likeness (QED) is 0.627. The van der Waals surface area contributed by atoms with Crippen molar-refractivity contribution in [3.63, 3.8) is 0 Å². The van der Waals surface area contributed by atoms with E-state index in [1.165, 1.54) is 7.11 Å².